The Labute approximate surface area is 99.8 Å². The number of hydrogen-bond acceptors (Lipinski definition) is 3. The highest BCUT2D eigenvalue weighted by molar-refractivity contribution is 5.76. The van der Waals surface area contributed by atoms with Crippen LogP contribution < -0.4 is 5.73 Å². The molecule has 0 bridgehead atoms. The molecular weight excluding hydrogens is 202 g/mol. The highest BCUT2D eigenvalue weighted by Crippen LogP contribution is 2.04. The molecule has 0 aromatic heterocycles. The summed E-state index contributed by atoms with van der Waals surface area (Å²) in [4.78, 5) is 15.9. The van der Waals surface area contributed by atoms with Crippen LogP contribution in [0.25, 0.3) is 0 Å². The second-order valence-electron chi connectivity index (χ2n) is 4.68. The van der Waals surface area contributed by atoms with E-state index in [4.69, 9.17) is 5.73 Å². The van der Waals surface area contributed by atoms with Crippen LogP contribution in [0.2, 0.25) is 0 Å². The van der Waals surface area contributed by atoms with Crippen LogP contribution in [0.4, 0.5) is 0 Å². The van der Waals surface area contributed by atoms with E-state index in [0.29, 0.717) is 13.0 Å². The molecule has 0 saturated carbocycles. The third-order valence-electron chi connectivity index (χ3n) is 2.69. The van der Waals surface area contributed by atoms with Crippen molar-refractivity contribution < 1.29 is 4.79 Å². The zero-order valence-electron chi connectivity index (χ0n) is 11.2. The first-order chi connectivity index (χ1) is 7.51. The maximum atomic E-state index is 11.9. The smallest absolute Gasteiger partial charge is 0.222 e. The summed E-state index contributed by atoms with van der Waals surface area (Å²) in [5, 5.41) is 0. The van der Waals surface area contributed by atoms with Crippen molar-refractivity contribution in [3.63, 3.8) is 0 Å². The maximum Gasteiger partial charge on any atom is 0.222 e. The number of hydrogen-bond donors (Lipinski definition) is 1. The van der Waals surface area contributed by atoms with E-state index in [9.17, 15) is 4.79 Å². The second-order valence-corrected chi connectivity index (χ2v) is 4.68. The molecule has 0 aliphatic carbocycles. The Hall–Kier alpha value is -0.610. The Balaban J connectivity index is 3.92. The van der Waals surface area contributed by atoms with E-state index in [1.165, 1.54) is 0 Å². The molecule has 1 atom stereocenters. The monoisotopic (exact) mass is 229 g/mol. The molecule has 0 spiro atoms. The van der Waals surface area contributed by atoms with Crippen LogP contribution >= 0.6 is 0 Å². The van der Waals surface area contributed by atoms with Gasteiger partial charge in [0.05, 0.1) is 0 Å². The van der Waals surface area contributed by atoms with Crippen molar-refractivity contribution >= 4 is 5.91 Å². The van der Waals surface area contributed by atoms with Crippen LogP contribution in [0.1, 0.15) is 26.7 Å². The van der Waals surface area contributed by atoms with E-state index < -0.39 is 0 Å². The van der Waals surface area contributed by atoms with Crippen molar-refractivity contribution in [2.45, 2.75) is 26.7 Å². The molecular formula is C12H27N3O. The van der Waals surface area contributed by atoms with Crippen molar-refractivity contribution in [3.05, 3.63) is 0 Å². The summed E-state index contributed by atoms with van der Waals surface area (Å²) < 4.78 is 0. The summed E-state index contributed by atoms with van der Waals surface area (Å²) in [5.41, 5.74) is 5.52. The molecule has 0 radical (unpaired) electrons. The molecule has 1 amide bonds. The molecule has 4 heteroatoms. The Morgan fingerprint density at radius 3 is 2.38 bits per heavy atom. The first-order valence-corrected chi connectivity index (χ1v) is 6.13. The molecule has 0 aromatic carbocycles. The number of carbonyl (C=O) groups is 1. The van der Waals surface area contributed by atoms with E-state index in [-0.39, 0.29) is 11.8 Å². The van der Waals surface area contributed by atoms with Crippen LogP contribution in [-0.4, -0.2) is 56.0 Å². The predicted octanol–water partition coefficient (Wildman–Crippen LogP) is 0.772. The van der Waals surface area contributed by atoms with Crippen LogP contribution in [0, 0.1) is 5.92 Å². The van der Waals surface area contributed by atoms with E-state index in [2.05, 4.69) is 19.0 Å². The van der Waals surface area contributed by atoms with Gasteiger partial charge in [0.15, 0.2) is 0 Å². The molecule has 1 unspecified atom stereocenters. The minimum atomic E-state index is 0.235. The third-order valence-corrected chi connectivity index (χ3v) is 2.69. The van der Waals surface area contributed by atoms with Gasteiger partial charge in [-0.1, -0.05) is 6.92 Å². The van der Waals surface area contributed by atoms with Crippen LogP contribution in [0.15, 0.2) is 0 Å². The summed E-state index contributed by atoms with van der Waals surface area (Å²) in [6.45, 7) is 7.30. The van der Waals surface area contributed by atoms with Gasteiger partial charge in [-0.3, -0.25) is 4.79 Å². The van der Waals surface area contributed by atoms with Gasteiger partial charge in [-0.05, 0) is 46.4 Å². The lowest BCUT2D eigenvalue weighted by Gasteiger charge is -2.23. The minimum absolute atomic E-state index is 0.235. The largest absolute Gasteiger partial charge is 0.343 e. The fourth-order valence-corrected chi connectivity index (χ4v) is 1.55. The molecule has 96 valence electrons. The van der Waals surface area contributed by atoms with Crippen molar-refractivity contribution in [2.75, 3.05) is 40.3 Å². The molecule has 0 aromatic rings. The molecule has 0 fully saturated rings. The average Bonchev–Trinajstić information content (AvgIpc) is 2.23. The number of amides is 1. The zero-order chi connectivity index (χ0) is 12.6. The normalized spacial score (nSPS) is 12.9. The van der Waals surface area contributed by atoms with Gasteiger partial charge in [-0.2, -0.15) is 0 Å². The molecule has 0 rings (SSSR count). The van der Waals surface area contributed by atoms with Gasteiger partial charge >= 0.3 is 0 Å². The summed E-state index contributed by atoms with van der Waals surface area (Å²) >= 11 is 0. The van der Waals surface area contributed by atoms with Crippen molar-refractivity contribution in [1.82, 2.24) is 9.80 Å². The van der Waals surface area contributed by atoms with Gasteiger partial charge < -0.3 is 15.5 Å². The molecule has 16 heavy (non-hydrogen) atoms. The topological polar surface area (TPSA) is 49.6 Å². The lowest BCUT2D eigenvalue weighted by Crippen LogP contribution is -2.34. The Morgan fingerprint density at radius 1 is 1.31 bits per heavy atom. The van der Waals surface area contributed by atoms with Crippen LogP contribution in [0.5, 0.6) is 0 Å². The zero-order valence-corrected chi connectivity index (χ0v) is 11.2. The molecule has 2 N–H and O–H groups in total. The van der Waals surface area contributed by atoms with E-state index in [0.717, 1.165) is 26.1 Å². The molecule has 0 saturated heterocycles. The first-order valence-electron chi connectivity index (χ1n) is 6.13. The van der Waals surface area contributed by atoms with Crippen molar-refractivity contribution in [3.8, 4) is 0 Å². The van der Waals surface area contributed by atoms with Crippen molar-refractivity contribution in [1.29, 1.82) is 0 Å². The third kappa shape index (κ3) is 6.80. The van der Waals surface area contributed by atoms with E-state index in [1.807, 2.05) is 18.7 Å². The average molecular weight is 229 g/mol. The van der Waals surface area contributed by atoms with Gasteiger partial charge in [0.1, 0.15) is 0 Å². The SMILES string of the molecule is CCN(CCCN(C)C)C(=O)CC(C)CN. The van der Waals surface area contributed by atoms with Gasteiger partial charge in [-0.25, -0.2) is 0 Å². The standard InChI is InChI=1S/C12H27N3O/c1-5-15(8-6-7-14(3)4)12(16)9-11(2)10-13/h11H,5-10,13H2,1-4H3. The predicted molar refractivity (Wildman–Crippen MR) is 68.3 cm³/mol. The first kappa shape index (κ1) is 15.4. The summed E-state index contributed by atoms with van der Waals surface area (Å²) in [6.07, 6.45) is 1.61. The van der Waals surface area contributed by atoms with Crippen LogP contribution in [0.3, 0.4) is 0 Å². The van der Waals surface area contributed by atoms with Gasteiger partial charge in [0.2, 0.25) is 5.91 Å². The molecule has 0 aliphatic rings. The maximum absolute atomic E-state index is 11.9. The van der Waals surface area contributed by atoms with E-state index >= 15 is 0 Å². The molecule has 4 nitrogen and oxygen atoms in total. The number of carbonyl (C=O) groups excluding carboxylic acids is 1. The highest BCUT2D eigenvalue weighted by Gasteiger charge is 2.14. The molecule has 0 aliphatic heterocycles. The summed E-state index contributed by atoms with van der Waals surface area (Å²) in [5.74, 6) is 0.523. The van der Waals surface area contributed by atoms with Crippen LogP contribution in [-0.2, 0) is 4.79 Å². The Morgan fingerprint density at radius 2 is 1.94 bits per heavy atom. The number of rotatable bonds is 8. The van der Waals surface area contributed by atoms with Crippen molar-refractivity contribution in [2.24, 2.45) is 11.7 Å². The highest BCUT2D eigenvalue weighted by atomic mass is 16.2. The Bertz CT molecular complexity index is 195. The fourth-order valence-electron chi connectivity index (χ4n) is 1.55. The summed E-state index contributed by atoms with van der Waals surface area (Å²) in [6, 6.07) is 0. The minimum Gasteiger partial charge on any atom is -0.343 e. The van der Waals surface area contributed by atoms with Gasteiger partial charge in [-0.15, -0.1) is 0 Å². The lowest BCUT2D eigenvalue weighted by molar-refractivity contribution is -0.131. The lowest BCUT2D eigenvalue weighted by atomic mass is 10.1. The fraction of sp³-hybridized carbons (Fsp3) is 0.917. The Kier molecular flexibility index (Phi) is 8.21. The van der Waals surface area contributed by atoms with Gasteiger partial charge in [0.25, 0.3) is 0 Å². The van der Waals surface area contributed by atoms with Gasteiger partial charge in [0, 0.05) is 19.5 Å². The van der Waals surface area contributed by atoms with E-state index in [1.54, 1.807) is 0 Å². The number of nitrogens with two attached hydrogens (primary N) is 1. The second kappa shape index (κ2) is 8.53. The quantitative estimate of drug-likeness (QED) is 0.669. The molecule has 0 heterocycles. The number of nitrogens with zero attached hydrogens (tertiary/aromatic N) is 2. The summed E-state index contributed by atoms with van der Waals surface area (Å²) in [7, 11) is 4.10.